The molecular formula is C13H19NO. The van der Waals surface area contributed by atoms with Crippen molar-refractivity contribution in [2.45, 2.75) is 25.8 Å². The van der Waals surface area contributed by atoms with Gasteiger partial charge in [0.1, 0.15) is 5.75 Å². The van der Waals surface area contributed by atoms with E-state index in [9.17, 15) is 0 Å². The lowest BCUT2D eigenvalue weighted by molar-refractivity contribution is 0.339. The Hall–Kier alpha value is -1.28. The van der Waals surface area contributed by atoms with E-state index in [1.165, 1.54) is 0 Å². The molecule has 0 aliphatic heterocycles. The Morgan fingerprint density at radius 3 is 3.00 bits per heavy atom. The van der Waals surface area contributed by atoms with Gasteiger partial charge in [-0.05, 0) is 37.5 Å². The third kappa shape index (κ3) is 3.76. The van der Waals surface area contributed by atoms with Crippen molar-refractivity contribution < 1.29 is 4.74 Å². The Morgan fingerprint density at radius 2 is 2.33 bits per heavy atom. The van der Waals surface area contributed by atoms with Crippen LogP contribution in [0, 0.1) is 0 Å². The van der Waals surface area contributed by atoms with Gasteiger partial charge in [0.05, 0.1) is 6.61 Å². The fourth-order valence-corrected chi connectivity index (χ4v) is 1.47. The summed E-state index contributed by atoms with van der Waals surface area (Å²) in [5.41, 5.74) is 7.17. The van der Waals surface area contributed by atoms with Crippen molar-refractivity contribution in [1.82, 2.24) is 0 Å². The summed E-state index contributed by atoms with van der Waals surface area (Å²) in [7, 11) is 0. The summed E-state index contributed by atoms with van der Waals surface area (Å²) < 4.78 is 5.43. The van der Waals surface area contributed by atoms with E-state index in [-0.39, 0.29) is 6.04 Å². The summed E-state index contributed by atoms with van der Waals surface area (Å²) in [5, 5.41) is 0. The average molecular weight is 205 g/mol. The molecule has 2 heteroatoms. The highest BCUT2D eigenvalue weighted by Crippen LogP contribution is 2.20. The molecule has 0 radical (unpaired) electrons. The van der Waals surface area contributed by atoms with Crippen LogP contribution in [0.25, 0.3) is 0 Å². The summed E-state index contributed by atoms with van der Waals surface area (Å²) in [6.07, 6.45) is 3.77. The van der Waals surface area contributed by atoms with Gasteiger partial charge < -0.3 is 10.5 Å². The standard InChI is InChI=1S/C13H19NO/c1-3-5-9-13(14)11-7-6-8-12(10-11)15-4-2/h3,6-8,10,13H,1,4-5,9,14H2,2H3/t13-/m0/s1. The number of ether oxygens (including phenoxy) is 1. The van der Waals surface area contributed by atoms with Gasteiger partial charge in [-0.1, -0.05) is 18.2 Å². The van der Waals surface area contributed by atoms with Crippen molar-refractivity contribution in [2.75, 3.05) is 6.61 Å². The van der Waals surface area contributed by atoms with Crippen molar-refractivity contribution in [3.05, 3.63) is 42.5 Å². The molecule has 0 bridgehead atoms. The molecule has 0 aliphatic carbocycles. The van der Waals surface area contributed by atoms with Crippen LogP contribution < -0.4 is 10.5 Å². The molecule has 15 heavy (non-hydrogen) atoms. The minimum absolute atomic E-state index is 0.0726. The number of benzene rings is 1. The minimum atomic E-state index is 0.0726. The van der Waals surface area contributed by atoms with E-state index in [4.69, 9.17) is 10.5 Å². The zero-order valence-electron chi connectivity index (χ0n) is 9.28. The quantitative estimate of drug-likeness (QED) is 0.724. The first-order valence-corrected chi connectivity index (χ1v) is 5.37. The fourth-order valence-electron chi connectivity index (χ4n) is 1.47. The first-order valence-electron chi connectivity index (χ1n) is 5.37. The van der Waals surface area contributed by atoms with E-state index in [0.717, 1.165) is 24.2 Å². The highest BCUT2D eigenvalue weighted by Gasteiger charge is 2.05. The fraction of sp³-hybridized carbons (Fsp3) is 0.385. The maximum Gasteiger partial charge on any atom is 0.119 e. The second-order valence-corrected chi connectivity index (χ2v) is 3.48. The molecule has 2 nitrogen and oxygen atoms in total. The smallest absolute Gasteiger partial charge is 0.119 e. The van der Waals surface area contributed by atoms with Gasteiger partial charge in [-0.25, -0.2) is 0 Å². The van der Waals surface area contributed by atoms with Crippen LogP contribution in [0.2, 0.25) is 0 Å². The second kappa shape index (κ2) is 6.25. The zero-order chi connectivity index (χ0) is 11.1. The van der Waals surface area contributed by atoms with E-state index >= 15 is 0 Å². The first-order chi connectivity index (χ1) is 7.27. The van der Waals surface area contributed by atoms with Crippen molar-refractivity contribution in [3.8, 4) is 5.75 Å². The summed E-state index contributed by atoms with van der Waals surface area (Å²) in [6.45, 7) is 6.36. The molecule has 0 aliphatic rings. The maximum absolute atomic E-state index is 6.04. The van der Waals surface area contributed by atoms with Gasteiger partial charge in [0, 0.05) is 6.04 Å². The molecule has 0 amide bonds. The average Bonchev–Trinajstić information content (AvgIpc) is 2.27. The lowest BCUT2D eigenvalue weighted by Crippen LogP contribution is -2.09. The molecule has 0 unspecified atom stereocenters. The molecule has 0 spiro atoms. The summed E-state index contributed by atoms with van der Waals surface area (Å²) in [4.78, 5) is 0. The van der Waals surface area contributed by atoms with Gasteiger partial charge in [0.2, 0.25) is 0 Å². The molecule has 0 saturated carbocycles. The van der Waals surface area contributed by atoms with Crippen molar-refractivity contribution in [2.24, 2.45) is 5.73 Å². The van der Waals surface area contributed by atoms with Crippen LogP contribution in [-0.2, 0) is 0 Å². The normalized spacial score (nSPS) is 12.1. The molecule has 2 N–H and O–H groups in total. The molecule has 0 heterocycles. The number of hydrogen-bond donors (Lipinski definition) is 1. The Kier molecular flexibility index (Phi) is 4.91. The van der Waals surface area contributed by atoms with E-state index in [1.807, 2.05) is 37.3 Å². The van der Waals surface area contributed by atoms with E-state index in [1.54, 1.807) is 0 Å². The molecule has 0 saturated heterocycles. The highest BCUT2D eigenvalue weighted by molar-refractivity contribution is 5.30. The molecule has 1 atom stereocenters. The molecule has 82 valence electrons. The molecule has 1 rings (SSSR count). The van der Waals surface area contributed by atoms with E-state index < -0.39 is 0 Å². The van der Waals surface area contributed by atoms with Crippen LogP contribution in [0.3, 0.4) is 0 Å². The lowest BCUT2D eigenvalue weighted by atomic mass is 10.0. The Balaban J connectivity index is 2.66. The van der Waals surface area contributed by atoms with Crippen molar-refractivity contribution in [3.63, 3.8) is 0 Å². The predicted molar refractivity (Wildman–Crippen MR) is 64.0 cm³/mol. The van der Waals surface area contributed by atoms with Crippen LogP contribution in [0.1, 0.15) is 31.4 Å². The Morgan fingerprint density at radius 1 is 1.53 bits per heavy atom. The molecular weight excluding hydrogens is 186 g/mol. The highest BCUT2D eigenvalue weighted by atomic mass is 16.5. The lowest BCUT2D eigenvalue weighted by Gasteiger charge is -2.12. The number of hydrogen-bond acceptors (Lipinski definition) is 2. The predicted octanol–water partition coefficient (Wildman–Crippen LogP) is 3.05. The summed E-state index contributed by atoms with van der Waals surface area (Å²) in [5.74, 6) is 0.893. The largest absolute Gasteiger partial charge is 0.494 e. The van der Waals surface area contributed by atoms with Gasteiger partial charge in [0.15, 0.2) is 0 Å². The van der Waals surface area contributed by atoms with Crippen molar-refractivity contribution in [1.29, 1.82) is 0 Å². The van der Waals surface area contributed by atoms with Crippen LogP contribution in [0.15, 0.2) is 36.9 Å². The van der Waals surface area contributed by atoms with Gasteiger partial charge in [-0.2, -0.15) is 0 Å². The Bertz CT molecular complexity index is 309. The second-order valence-electron chi connectivity index (χ2n) is 3.48. The zero-order valence-corrected chi connectivity index (χ0v) is 9.28. The summed E-state index contributed by atoms with van der Waals surface area (Å²) in [6, 6.07) is 8.05. The Labute approximate surface area is 91.7 Å². The van der Waals surface area contributed by atoms with Crippen LogP contribution in [0.5, 0.6) is 5.75 Å². The maximum atomic E-state index is 6.04. The molecule has 0 aromatic heterocycles. The SMILES string of the molecule is C=CCC[C@H](N)c1cccc(OCC)c1. The monoisotopic (exact) mass is 205 g/mol. The van der Waals surface area contributed by atoms with Crippen LogP contribution in [0.4, 0.5) is 0 Å². The van der Waals surface area contributed by atoms with Gasteiger partial charge in [-0.3, -0.25) is 0 Å². The molecule has 0 fully saturated rings. The number of nitrogens with two attached hydrogens (primary N) is 1. The van der Waals surface area contributed by atoms with Gasteiger partial charge in [0.25, 0.3) is 0 Å². The van der Waals surface area contributed by atoms with E-state index in [2.05, 4.69) is 6.58 Å². The van der Waals surface area contributed by atoms with Crippen molar-refractivity contribution >= 4 is 0 Å². The van der Waals surface area contributed by atoms with Crippen LogP contribution in [-0.4, -0.2) is 6.61 Å². The third-order valence-corrected chi connectivity index (χ3v) is 2.28. The van der Waals surface area contributed by atoms with Gasteiger partial charge in [-0.15, -0.1) is 6.58 Å². The number of rotatable bonds is 6. The third-order valence-electron chi connectivity index (χ3n) is 2.28. The minimum Gasteiger partial charge on any atom is -0.494 e. The van der Waals surface area contributed by atoms with Gasteiger partial charge >= 0.3 is 0 Å². The van der Waals surface area contributed by atoms with E-state index in [0.29, 0.717) is 6.61 Å². The number of allylic oxidation sites excluding steroid dienone is 1. The molecule has 1 aromatic rings. The first kappa shape index (κ1) is 11.8. The molecule has 1 aromatic carbocycles. The topological polar surface area (TPSA) is 35.2 Å². The van der Waals surface area contributed by atoms with Crippen LogP contribution >= 0.6 is 0 Å². The summed E-state index contributed by atoms with van der Waals surface area (Å²) >= 11 is 0.